The van der Waals surface area contributed by atoms with Crippen molar-refractivity contribution in [1.82, 2.24) is 15.6 Å². The molecule has 0 saturated carbocycles. The van der Waals surface area contributed by atoms with E-state index in [1.165, 1.54) is 25.7 Å². The standard InChI is InChI=1S/C19H34N4O2/c1-5-7-9-16(6-2)14-22-19(20-3)23-15-17-10-8-11-21-18(17)25-13-12-24-4/h8,10-11,16H,5-7,9,12-15H2,1-4H3,(H2,20,22,23). The number of nitrogens with zero attached hydrogens (tertiary/aromatic N) is 2. The molecule has 1 unspecified atom stereocenters. The van der Waals surface area contributed by atoms with Gasteiger partial charge in [0.15, 0.2) is 5.96 Å². The van der Waals surface area contributed by atoms with Crippen molar-refractivity contribution in [2.45, 2.75) is 46.1 Å². The van der Waals surface area contributed by atoms with E-state index in [1.807, 2.05) is 12.1 Å². The minimum absolute atomic E-state index is 0.489. The summed E-state index contributed by atoms with van der Waals surface area (Å²) in [6.07, 6.45) is 6.71. The van der Waals surface area contributed by atoms with Crippen LogP contribution in [0.15, 0.2) is 23.3 Å². The molecule has 0 spiro atoms. The highest BCUT2D eigenvalue weighted by Crippen LogP contribution is 2.14. The maximum atomic E-state index is 5.67. The summed E-state index contributed by atoms with van der Waals surface area (Å²) in [5, 5.41) is 6.77. The molecule has 1 aromatic heterocycles. The molecule has 0 saturated heterocycles. The number of hydrogen-bond donors (Lipinski definition) is 2. The molecule has 1 aromatic rings. The summed E-state index contributed by atoms with van der Waals surface area (Å²) in [7, 11) is 3.45. The largest absolute Gasteiger partial charge is 0.475 e. The minimum Gasteiger partial charge on any atom is -0.475 e. The maximum absolute atomic E-state index is 5.67. The van der Waals surface area contributed by atoms with E-state index in [0.29, 0.717) is 31.6 Å². The van der Waals surface area contributed by atoms with E-state index in [9.17, 15) is 0 Å². The summed E-state index contributed by atoms with van der Waals surface area (Å²) in [5.74, 6) is 2.13. The van der Waals surface area contributed by atoms with Crippen molar-refractivity contribution in [2.75, 3.05) is 33.9 Å². The Bertz CT molecular complexity index is 494. The van der Waals surface area contributed by atoms with Crippen LogP contribution in [0.4, 0.5) is 0 Å². The van der Waals surface area contributed by atoms with E-state index in [0.717, 1.165) is 18.1 Å². The van der Waals surface area contributed by atoms with E-state index >= 15 is 0 Å². The van der Waals surface area contributed by atoms with Gasteiger partial charge < -0.3 is 20.1 Å². The molecule has 0 bridgehead atoms. The summed E-state index contributed by atoms with van der Waals surface area (Å²) in [5.41, 5.74) is 1.000. The second-order valence-corrected chi connectivity index (χ2v) is 6.03. The quantitative estimate of drug-likeness (QED) is 0.345. The van der Waals surface area contributed by atoms with Crippen LogP contribution < -0.4 is 15.4 Å². The highest BCUT2D eigenvalue weighted by Gasteiger charge is 2.09. The van der Waals surface area contributed by atoms with Gasteiger partial charge in [-0.1, -0.05) is 39.2 Å². The number of ether oxygens (including phenoxy) is 2. The summed E-state index contributed by atoms with van der Waals surface area (Å²) < 4.78 is 10.7. The molecule has 1 atom stereocenters. The third-order valence-electron chi connectivity index (χ3n) is 4.15. The lowest BCUT2D eigenvalue weighted by Crippen LogP contribution is -2.39. The van der Waals surface area contributed by atoms with Crippen molar-refractivity contribution in [3.63, 3.8) is 0 Å². The predicted molar refractivity (Wildman–Crippen MR) is 103 cm³/mol. The van der Waals surface area contributed by atoms with Crippen molar-refractivity contribution >= 4 is 5.96 Å². The van der Waals surface area contributed by atoms with Gasteiger partial charge in [0.05, 0.1) is 6.61 Å². The average molecular weight is 351 g/mol. The topological polar surface area (TPSA) is 67.8 Å². The monoisotopic (exact) mass is 350 g/mol. The van der Waals surface area contributed by atoms with Gasteiger partial charge in [-0.3, -0.25) is 4.99 Å². The van der Waals surface area contributed by atoms with Gasteiger partial charge in [0.25, 0.3) is 0 Å². The maximum Gasteiger partial charge on any atom is 0.218 e. The van der Waals surface area contributed by atoms with Gasteiger partial charge in [-0.05, 0) is 18.4 Å². The van der Waals surface area contributed by atoms with Crippen molar-refractivity contribution in [3.05, 3.63) is 23.9 Å². The van der Waals surface area contributed by atoms with Gasteiger partial charge in [-0.25, -0.2) is 4.98 Å². The van der Waals surface area contributed by atoms with Crippen molar-refractivity contribution in [1.29, 1.82) is 0 Å². The van der Waals surface area contributed by atoms with E-state index < -0.39 is 0 Å². The number of aromatic nitrogens is 1. The van der Waals surface area contributed by atoms with Crippen molar-refractivity contribution in [3.8, 4) is 5.88 Å². The van der Waals surface area contributed by atoms with Crippen molar-refractivity contribution in [2.24, 2.45) is 10.9 Å². The summed E-state index contributed by atoms with van der Waals surface area (Å²) in [4.78, 5) is 8.61. The smallest absolute Gasteiger partial charge is 0.218 e. The van der Waals surface area contributed by atoms with Crippen LogP contribution in [0.2, 0.25) is 0 Å². The highest BCUT2D eigenvalue weighted by atomic mass is 16.5. The van der Waals surface area contributed by atoms with Gasteiger partial charge in [0.2, 0.25) is 5.88 Å². The van der Waals surface area contributed by atoms with Gasteiger partial charge in [0, 0.05) is 39.0 Å². The zero-order valence-electron chi connectivity index (χ0n) is 16.2. The Labute approximate surface area is 152 Å². The molecule has 0 aliphatic rings. The molecule has 25 heavy (non-hydrogen) atoms. The average Bonchev–Trinajstić information content (AvgIpc) is 2.65. The molecule has 0 aliphatic carbocycles. The van der Waals surface area contributed by atoms with Crippen LogP contribution in [0.3, 0.4) is 0 Å². The highest BCUT2D eigenvalue weighted by molar-refractivity contribution is 5.79. The first-order valence-corrected chi connectivity index (χ1v) is 9.25. The number of unbranched alkanes of at least 4 members (excludes halogenated alkanes) is 1. The minimum atomic E-state index is 0.489. The fourth-order valence-corrected chi connectivity index (χ4v) is 2.49. The second-order valence-electron chi connectivity index (χ2n) is 6.03. The molecule has 0 aromatic carbocycles. The summed E-state index contributed by atoms with van der Waals surface area (Å²) in [6, 6.07) is 3.92. The van der Waals surface area contributed by atoms with Crippen LogP contribution >= 0.6 is 0 Å². The second kappa shape index (κ2) is 13.5. The van der Waals surface area contributed by atoms with E-state index in [1.54, 1.807) is 20.4 Å². The number of nitrogens with one attached hydrogen (secondary N) is 2. The zero-order chi connectivity index (χ0) is 18.3. The Morgan fingerprint density at radius 1 is 1.28 bits per heavy atom. The van der Waals surface area contributed by atoms with Crippen molar-refractivity contribution < 1.29 is 9.47 Å². The van der Waals surface area contributed by atoms with Gasteiger partial charge in [-0.2, -0.15) is 0 Å². The fourth-order valence-electron chi connectivity index (χ4n) is 2.49. The lowest BCUT2D eigenvalue weighted by molar-refractivity contribution is 0.143. The molecule has 142 valence electrons. The fraction of sp³-hybridized carbons (Fsp3) is 0.684. The molecule has 6 heteroatoms. The molecule has 2 N–H and O–H groups in total. The number of aliphatic imine (C=N–C) groups is 1. The third kappa shape index (κ3) is 8.72. The number of methoxy groups -OCH3 is 1. The molecule has 1 rings (SSSR count). The molecule has 0 amide bonds. The van der Waals surface area contributed by atoms with Gasteiger partial charge >= 0.3 is 0 Å². The molecule has 0 radical (unpaired) electrons. The zero-order valence-corrected chi connectivity index (χ0v) is 16.2. The lowest BCUT2D eigenvalue weighted by Gasteiger charge is -2.18. The van der Waals surface area contributed by atoms with Crippen LogP contribution in [0.25, 0.3) is 0 Å². The van der Waals surface area contributed by atoms with Crippen LogP contribution in [0.5, 0.6) is 5.88 Å². The number of hydrogen-bond acceptors (Lipinski definition) is 4. The Kier molecular flexibility index (Phi) is 11.4. The molecular weight excluding hydrogens is 316 g/mol. The van der Waals surface area contributed by atoms with Crippen LogP contribution in [0.1, 0.15) is 45.1 Å². The lowest BCUT2D eigenvalue weighted by atomic mass is 9.99. The number of guanidine groups is 1. The molecule has 0 fully saturated rings. The van der Waals surface area contributed by atoms with Gasteiger partial charge in [0.1, 0.15) is 6.61 Å². The van der Waals surface area contributed by atoms with E-state index in [-0.39, 0.29) is 0 Å². The Hall–Kier alpha value is -1.82. The summed E-state index contributed by atoms with van der Waals surface area (Å²) >= 11 is 0. The molecule has 0 aliphatic heterocycles. The van der Waals surface area contributed by atoms with Gasteiger partial charge in [-0.15, -0.1) is 0 Å². The SMILES string of the molecule is CCCCC(CC)CNC(=NC)NCc1cccnc1OCCOC. The van der Waals surface area contributed by atoms with Crippen LogP contribution in [-0.2, 0) is 11.3 Å². The normalized spacial score (nSPS) is 12.7. The Balaban J connectivity index is 2.49. The predicted octanol–water partition coefficient (Wildman–Crippen LogP) is 2.99. The molecular formula is C19H34N4O2. The Morgan fingerprint density at radius 2 is 2.12 bits per heavy atom. The number of rotatable bonds is 12. The summed E-state index contributed by atoms with van der Waals surface area (Å²) in [6.45, 7) is 7.08. The number of pyridine rings is 1. The first-order valence-electron chi connectivity index (χ1n) is 9.25. The third-order valence-corrected chi connectivity index (χ3v) is 4.15. The Morgan fingerprint density at radius 3 is 2.80 bits per heavy atom. The van der Waals surface area contributed by atoms with E-state index in [4.69, 9.17) is 9.47 Å². The van der Waals surface area contributed by atoms with Crippen LogP contribution in [-0.4, -0.2) is 44.9 Å². The van der Waals surface area contributed by atoms with E-state index in [2.05, 4.69) is 34.5 Å². The molecule has 6 nitrogen and oxygen atoms in total. The van der Waals surface area contributed by atoms with Crippen LogP contribution in [0, 0.1) is 5.92 Å². The first kappa shape index (κ1) is 21.2. The molecule has 1 heterocycles. The first-order chi connectivity index (χ1) is 12.2.